The van der Waals surface area contributed by atoms with Gasteiger partial charge in [-0.3, -0.25) is 9.10 Å². The molecule has 1 N–H and O–H groups in total. The smallest absolute Gasteiger partial charge is 0.267 e. The Kier molecular flexibility index (Phi) is 8.26. The molecule has 0 aromatic heterocycles. The summed E-state index contributed by atoms with van der Waals surface area (Å²) < 4.78 is 25.9. The van der Waals surface area contributed by atoms with Crippen molar-refractivity contribution in [3.05, 3.63) is 97.4 Å². The lowest BCUT2D eigenvalue weighted by Gasteiger charge is -2.24. The molecule has 0 saturated heterocycles. The summed E-state index contributed by atoms with van der Waals surface area (Å²) in [5.74, 6) is -0.459. The van der Waals surface area contributed by atoms with Crippen LogP contribution in [0.25, 0.3) is 0 Å². The van der Waals surface area contributed by atoms with E-state index in [1.807, 2.05) is 0 Å². The summed E-state index contributed by atoms with van der Waals surface area (Å²) in [6.07, 6.45) is 2.44. The molecule has 11 heteroatoms. The number of amides is 1. The van der Waals surface area contributed by atoms with E-state index in [0.29, 0.717) is 26.7 Å². The van der Waals surface area contributed by atoms with Gasteiger partial charge >= 0.3 is 0 Å². The van der Waals surface area contributed by atoms with E-state index in [2.05, 4.69) is 10.5 Å². The number of hydrogen-bond acceptors (Lipinski definition) is 4. The number of nitrogens with zero attached hydrogens (tertiary/aromatic N) is 2. The van der Waals surface area contributed by atoms with E-state index in [-0.39, 0.29) is 22.3 Å². The first-order valence-corrected chi connectivity index (χ1v) is 12.7. The lowest BCUT2D eigenvalue weighted by molar-refractivity contribution is 0.0955. The van der Waals surface area contributed by atoms with Crippen molar-refractivity contribution in [3.8, 4) is 0 Å². The second-order valence-electron chi connectivity index (χ2n) is 6.87. The number of carbonyl (C=O) groups is 1. The Morgan fingerprint density at radius 3 is 2.12 bits per heavy atom. The van der Waals surface area contributed by atoms with Gasteiger partial charge in [0.05, 0.1) is 44.8 Å². The van der Waals surface area contributed by atoms with Gasteiger partial charge in [-0.25, -0.2) is 13.8 Å². The number of benzene rings is 3. The first-order valence-electron chi connectivity index (χ1n) is 9.36. The van der Waals surface area contributed by atoms with Crippen LogP contribution in [0.4, 0.5) is 5.69 Å². The minimum absolute atomic E-state index is 0.00392. The van der Waals surface area contributed by atoms with E-state index in [0.717, 1.165) is 10.6 Å². The van der Waals surface area contributed by atoms with Crippen molar-refractivity contribution < 1.29 is 13.2 Å². The van der Waals surface area contributed by atoms with Gasteiger partial charge < -0.3 is 0 Å². The van der Waals surface area contributed by atoms with Crippen LogP contribution < -0.4 is 9.73 Å². The van der Waals surface area contributed by atoms with Gasteiger partial charge in [-0.2, -0.15) is 5.10 Å². The van der Waals surface area contributed by atoms with Gasteiger partial charge in [0, 0.05) is 11.1 Å². The Balaban J connectivity index is 1.74. The van der Waals surface area contributed by atoms with E-state index in [4.69, 9.17) is 46.4 Å². The highest BCUT2D eigenvalue weighted by Gasteiger charge is 2.21. The Bertz CT molecular complexity index is 1290. The number of nitrogens with one attached hydrogen (secondary N) is 1. The van der Waals surface area contributed by atoms with Gasteiger partial charge in [-0.1, -0.05) is 70.7 Å². The Labute approximate surface area is 211 Å². The van der Waals surface area contributed by atoms with Gasteiger partial charge in [0.25, 0.3) is 5.91 Å². The molecule has 0 radical (unpaired) electrons. The van der Waals surface area contributed by atoms with Crippen LogP contribution in [0.15, 0.2) is 65.8 Å². The molecule has 3 rings (SSSR count). The van der Waals surface area contributed by atoms with Crippen LogP contribution in [0.5, 0.6) is 0 Å². The van der Waals surface area contributed by atoms with Gasteiger partial charge in [0.1, 0.15) is 0 Å². The fraction of sp³-hybridized carbons (Fsp3) is 0.0909. The van der Waals surface area contributed by atoms with E-state index < -0.39 is 15.9 Å². The molecule has 0 aliphatic rings. The molecule has 0 aliphatic heterocycles. The molecule has 0 aliphatic carbocycles. The minimum atomic E-state index is -3.66. The third-order valence-electron chi connectivity index (χ3n) is 4.50. The van der Waals surface area contributed by atoms with E-state index >= 15 is 0 Å². The van der Waals surface area contributed by atoms with Crippen molar-refractivity contribution in [2.24, 2.45) is 5.10 Å². The standard InChI is InChI=1S/C22H17Cl4N3O3S/c1-33(31,32)29(20-7-3-6-19(25)21(20)26)13-14-8-10-15(11-9-14)22(30)28-27-12-16-17(23)4-2-5-18(16)24/h2-12H,13H2,1H3,(H,28,30)/b27-12-. The molecule has 33 heavy (non-hydrogen) atoms. The van der Waals surface area contributed by atoms with Crippen LogP contribution in [0.3, 0.4) is 0 Å². The summed E-state index contributed by atoms with van der Waals surface area (Å²) in [4.78, 5) is 12.4. The highest BCUT2D eigenvalue weighted by Crippen LogP contribution is 2.34. The van der Waals surface area contributed by atoms with Crippen LogP contribution >= 0.6 is 46.4 Å². The van der Waals surface area contributed by atoms with Crippen molar-refractivity contribution >= 4 is 74.2 Å². The second kappa shape index (κ2) is 10.8. The zero-order valence-electron chi connectivity index (χ0n) is 17.1. The normalized spacial score (nSPS) is 11.5. The number of sulfonamides is 1. The first-order chi connectivity index (χ1) is 15.6. The summed E-state index contributed by atoms with van der Waals surface area (Å²) in [7, 11) is -3.66. The number of anilines is 1. The van der Waals surface area contributed by atoms with Crippen LogP contribution in [-0.4, -0.2) is 26.8 Å². The molecule has 0 atom stereocenters. The van der Waals surface area contributed by atoms with Crippen molar-refractivity contribution in [2.45, 2.75) is 6.54 Å². The fourth-order valence-electron chi connectivity index (χ4n) is 2.85. The summed E-state index contributed by atoms with van der Waals surface area (Å²) in [5, 5.41) is 5.08. The number of hydrazone groups is 1. The van der Waals surface area contributed by atoms with Crippen molar-refractivity contribution in [1.29, 1.82) is 0 Å². The second-order valence-corrected chi connectivity index (χ2v) is 10.4. The summed E-state index contributed by atoms with van der Waals surface area (Å²) >= 11 is 24.4. The Hall–Kier alpha value is -2.29. The molecule has 172 valence electrons. The Morgan fingerprint density at radius 1 is 0.939 bits per heavy atom. The van der Waals surface area contributed by atoms with Gasteiger partial charge in [0.2, 0.25) is 10.0 Å². The first kappa shape index (κ1) is 25.3. The molecule has 0 bridgehead atoms. The lowest BCUT2D eigenvalue weighted by Crippen LogP contribution is -2.29. The third kappa shape index (κ3) is 6.40. The molecule has 1 amide bonds. The quantitative estimate of drug-likeness (QED) is 0.291. The molecular formula is C22H17Cl4N3O3S. The fourth-order valence-corrected chi connectivity index (χ4v) is 4.68. The molecule has 3 aromatic carbocycles. The topological polar surface area (TPSA) is 78.8 Å². The lowest BCUT2D eigenvalue weighted by atomic mass is 10.1. The van der Waals surface area contributed by atoms with Crippen LogP contribution in [0.1, 0.15) is 21.5 Å². The number of carbonyl (C=O) groups excluding carboxylic acids is 1. The molecule has 0 heterocycles. The maximum Gasteiger partial charge on any atom is 0.271 e. The SMILES string of the molecule is CS(=O)(=O)N(Cc1ccc(C(=O)N/N=C\c2c(Cl)cccc2Cl)cc1)c1cccc(Cl)c1Cl. The predicted molar refractivity (Wildman–Crippen MR) is 135 cm³/mol. The molecule has 3 aromatic rings. The molecule has 0 unspecified atom stereocenters. The van der Waals surface area contributed by atoms with Crippen molar-refractivity contribution in [3.63, 3.8) is 0 Å². The van der Waals surface area contributed by atoms with E-state index in [1.54, 1.807) is 60.7 Å². The predicted octanol–water partition coefficient (Wildman–Crippen LogP) is 6.03. The average Bonchev–Trinajstić information content (AvgIpc) is 2.76. The third-order valence-corrected chi connectivity index (χ3v) is 7.10. The monoisotopic (exact) mass is 543 g/mol. The van der Waals surface area contributed by atoms with Crippen LogP contribution in [-0.2, 0) is 16.6 Å². The highest BCUT2D eigenvalue weighted by molar-refractivity contribution is 7.92. The van der Waals surface area contributed by atoms with E-state index in [9.17, 15) is 13.2 Å². The van der Waals surface area contributed by atoms with Crippen LogP contribution in [0.2, 0.25) is 20.1 Å². The number of halogens is 4. The maximum atomic E-state index is 12.4. The largest absolute Gasteiger partial charge is 0.271 e. The minimum Gasteiger partial charge on any atom is -0.267 e. The summed E-state index contributed by atoms with van der Waals surface area (Å²) in [6, 6.07) is 16.2. The number of rotatable bonds is 7. The molecular weight excluding hydrogens is 528 g/mol. The van der Waals surface area contributed by atoms with Crippen LogP contribution in [0, 0.1) is 0 Å². The molecule has 6 nitrogen and oxygen atoms in total. The number of hydrogen-bond donors (Lipinski definition) is 1. The Morgan fingerprint density at radius 2 is 1.52 bits per heavy atom. The molecule has 0 fully saturated rings. The van der Waals surface area contributed by atoms with Gasteiger partial charge in [-0.05, 0) is 42.0 Å². The van der Waals surface area contributed by atoms with E-state index in [1.165, 1.54) is 6.21 Å². The maximum absolute atomic E-state index is 12.4. The van der Waals surface area contributed by atoms with Crippen molar-refractivity contribution in [2.75, 3.05) is 10.6 Å². The highest BCUT2D eigenvalue weighted by atomic mass is 35.5. The summed E-state index contributed by atoms with van der Waals surface area (Å²) in [5.41, 5.74) is 4.11. The molecule has 0 spiro atoms. The average molecular weight is 545 g/mol. The molecule has 0 saturated carbocycles. The van der Waals surface area contributed by atoms with Gasteiger partial charge in [-0.15, -0.1) is 0 Å². The zero-order valence-corrected chi connectivity index (χ0v) is 20.9. The van der Waals surface area contributed by atoms with Crippen molar-refractivity contribution in [1.82, 2.24) is 5.43 Å². The van der Waals surface area contributed by atoms with Gasteiger partial charge in [0.15, 0.2) is 0 Å². The zero-order chi connectivity index (χ0) is 24.2. The summed E-state index contributed by atoms with van der Waals surface area (Å²) in [6.45, 7) is 0.00392.